The highest BCUT2D eigenvalue weighted by Crippen LogP contribution is 2.39. The molecular weight excluding hydrogens is 268 g/mol. The Morgan fingerprint density at radius 3 is 2.45 bits per heavy atom. The maximum absolute atomic E-state index is 13.2. The zero-order valence-electron chi connectivity index (χ0n) is 12.7. The van der Waals surface area contributed by atoms with E-state index in [0.29, 0.717) is 11.0 Å². The van der Waals surface area contributed by atoms with Crippen molar-refractivity contribution in [2.24, 2.45) is 11.1 Å². The molecule has 2 rings (SSSR count). The summed E-state index contributed by atoms with van der Waals surface area (Å²) in [6.45, 7) is 3.08. The molecule has 4 heteroatoms. The van der Waals surface area contributed by atoms with Crippen LogP contribution in [0.2, 0.25) is 0 Å². The Balaban J connectivity index is 2.23. The topological polar surface area (TPSA) is 46.3 Å². The lowest BCUT2D eigenvalue weighted by atomic mass is 9.72. The Hall–Kier alpha value is -0.640. The van der Waals surface area contributed by atoms with Crippen LogP contribution < -0.4 is 5.73 Å². The molecule has 0 aromatic carbocycles. The third kappa shape index (κ3) is 3.00. The molecule has 1 heterocycles. The monoisotopic (exact) mass is 296 g/mol. The number of nitrogens with two attached hydrogens (primary N) is 1. The van der Waals surface area contributed by atoms with Crippen molar-refractivity contribution >= 4 is 23.1 Å². The number of hydrogen-bond donors (Lipinski definition) is 1. The summed E-state index contributed by atoms with van der Waals surface area (Å²) in [5.74, 6) is 0.235. The fourth-order valence-electron chi connectivity index (χ4n) is 3.87. The van der Waals surface area contributed by atoms with Gasteiger partial charge in [-0.25, -0.2) is 0 Å². The van der Waals surface area contributed by atoms with Gasteiger partial charge in [0.1, 0.15) is 0 Å². The predicted molar refractivity (Wildman–Crippen MR) is 86.6 cm³/mol. The van der Waals surface area contributed by atoms with Crippen molar-refractivity contribution in [3.63, 3.8) is 0 Å². The van der Waals surface area contributed by atoms with Gasteiger partial charge in [0, 0.05) is 12.6 Å². The van der Waals surface area contributed by atoms with E-state index in [-0.39, 0.29) is 5.91 Å². The van der Waals surface area contributed by atoms with E-state index in [1.54, 1.807) is 0 Å². The number of carbonyl (C=O) groups excluding carboxylic acids is 1. The molecule has 114 valence electrons. The van der Waals surface area contributed by atoms with Crippen molar-refractivity contribution in [3.05, 3.63) is 0 Å². The highest BCUT2D eigenvalue weighted by molar-refractivity contribution is 7.80. The number of thiocarbonyl (C=S) groups is 1. The quantitative estimate of drug-likeness (QED) is 0.812. The van der Waals surface area contributed by atoms with Crippen molar-refractivity contribution in [2.75, 3.05) is 6.54 Å². The van der Waals surface area contributed by atoms with E-state index in [9.17, 15) is 4.79 Å². The number of hydrogen-bond acceptors (Lipinski definition) is 2. The molecule has 3 nitrogen and oxygen atoms in total. The van der Waals surface area contributed by atoms with Crippen LogP contribution in [0.5, 0.6) is 0 Å². The Bertz CT molecular complexity index is 363. The minimum absolute atomic E-state index is 0.235. The van der Waals surface area contributed by atoms with Gasteiger partial charge in [-0.15, -0.1) is 0 Å². The van der Waals surface area contributed by atoms with E-state index >= 15 is 0 Å². The molecule has 2 fully saturated rings. The molecular formula is C16H28N2OS. The SMILES string of the molecule is CCC1CCCCCN1C(=O)C1(C(N)=S)CCCCC1. The minimum atomic E-state index is -0.536. The van der Waals surface area contributed by atoms with Gasteiger partial charge in [-0.2, -0.15) is 0 Å². The Morgan fingerprint density at radius 1 is 1.20 bits per heavy atom. The van der Waals surface area contributed by atoms with Gasteiger partial charge in [0.2, 0.25) is 5.91 Å². The van der Waals surface area contributed by atoms with Gasteiger partial charge >= 0.3 is 0 Å². The fraction of sp³-hybridized carbons (Fsp3) is 0.875. The van der Waals surface area contributed by atoms with Gasteiger partial charge < -0.3 is 10.6 Å². The van der Waals surface area contributed by atoms with Crippen molar-refractivity contribution in [1.29, 1.82) is 0 Å². The summed E-state index contributed by atoms with van der Waals surface area (Å²) in [6.07, 6.45) is 10.8. The van der Waals surface area contributed by atoms with Crippen LogP contribution in [0.25, 0.3) is 0 Å². The van der Waals surface area contributed by atoms with E-state index in [0.717, 1.165) is 51.5 Å². The zero-order valence-corrected chi connectivity index (χ0v) is 13.5. The standard InChI is InChI=1S/C16H28N2OS/c1-2-13-9-5-3-8-12-18(13)15(19)16(14(17)20)10-6-4-7-11-16/h13H,2-12H2,1H3,(H2,17,20). The first kappa shape index (κ1) is 15.7. The van der Waals surface area contributed by atoms with Crippen LogP contribution in [0.15, 0.2) is 0 Å². The molecule has 0 aromatic rings. The average molecular weight is 296 g/mol. The fourth-order valence-corrected chi connectivity index (χ4v) is 4.16. The molecule has 0 aromatic heterocycles. The summed E-state index contributed by atoms with van der Waals surface area (Å²) in [7, 11) is 0. The molecule has 20 heavy (non-hydrogen) atoms. The van der Waals surface area contributed by atoms with E-state index < -0.39 is 5.41 Å². The van der Waals surface area contributed by atoms with Crippen LogP contribution >= 0.6 is 12.2 Å². The second-order valence-electron chi connectivity index (χ2n) is 6.42. The maximum atomic E-state index is 13.2. The normalized spacial score (nSPS) is 26.9. The summed E-state index contributed by atoms with van der Waals surface area (Å²) in [5.41, 5.74) is 5.48. The number of nitrogens with zero attached hydrogens (tertiary/aromatic N) is 1. The van der Waals surface area contributed by atoms with Gasteiger partial charge in [0.05, 0.1) is 10.4 Å². The minimum Gasteiger partial charge on any atom is -0.392 e. The van der Waals surface area contributed by atoms with Gasteiger partial charge in [-0.05, 0) is 32.1 Å². The zero-order chi connectivity index (χ0) is 14.6. The van der Waals surface area contributed by atoms with Gasteiger partial charge in [0.25, 0.3) is 0 Å². The highest BCUT2D eigenvalue weighted by atomic mass is 32.1. The van der Waals surface area contributed by atoms with Crippen LogP contribution in [0.1, 0.15) is 71.1 Å². The molecule has 0 spiro atoms. The molecule has 1 aliphatic carbocycles. The molecule has 1 amide bonds. The predicted octanol–water partition coefficient (Wildman–Crippen LogP) is 3.40. The van der Waals surface area contributed by atoms with Crippen molar-refractivity contribution in [2.45, 2.75) is 77.2 Å². The largest absolute Gasteiger partial charge is 0.392 e. The first-order valence-corrected chi connectivity index (χ1v) is 8.63. The van der Waals surface area contributed by atoms with Crippen LogP contribution in [0.3, 0.4) is 0 Å². The van der Waals surface area contributed by atoms with E-state index in [1.807, 2.05) is 0 Å². The van der Waals surface area contributed by atoms with E-state index in [1.165, 1.54) is 19.3 Å². The van der Waals surface area contributed by atoms with Crippen molar-refractivity contribution in [3.8, 4) is 0 Å². The van der Waals surface area contributed by atoms with Gasteiger partial charge in [-0.3, -0.25) is 4.79 Å². The van der Waals surface area contributed by atoms with Gasteiger partial charge in [-0.1, -0.05) is 51.2 Å². The molecule has 1 saturated heterocycles. The molecule has 1 saturated carbocycles. The van der Waals surface area contributed by atoms with E-state index in [2.05, 4.69) is 11.8 Å². The van der Waals surface area contributed by atoms with Crippen LogP contribution in [0, 0.1) is 5.41 Å². The number of carbonyl (C=O) groups is 1. The summed E-state index contributed by atoms with van der Waals surface area (Å²) in [4.78, 5) is 15.8. The number of rotatable bonds is 3. The lowest BCUT2D eigenvalue weighted by Gasteiger charge is -2.41. The summed E-state index contributed by atoms with van der Waals surface area (Å²) in [6, 6.07) is 0.387. The number of likely N-dealkylation sites (tertiary alicyclic amines) is 1. The lowest BCUT2D eigenvalue weighted by molar-refractivity contribution is -0.142. The highest BCUT2D eigenvalue weighted by Gasteiger charge is 2.45. The van der Waals surface area contributed by atoms with Crippen LogP contribution in [0.4, 0.5) is 0 Å². The molecule has 0 bridgehead atoms. The maximum Gasteiger partial charge on any atom is 0.235 e. The van der Waals surface area contributed by atoms with Crippen molar-refractivity contribution < 1.29 is 4.79 Å². The molecule has 1 unspecified atom stereocenters. The first-order chi connectivity index (χ1) is 9.62. The molecule has 2 N–H and O–H groups in total. The van der Waals surface area contributed by atoms with Crippen LogP contribution in [-0.2, 0) is 4.79 Å². The third-order valence-corrected chi connectivity index (χ3v) is 5.59. The lowest BCUT2D eigenvalue weighted by Crippen LogP contribution is -2.54. The third-order valence-electron chi connectivity index (χ3n) is 5.20. The second-order valence-corrected chi connectivity index (χ2v) is 6.86. The molecule has 2 aliphatic rings. The average Bonchev–Trinajstić information content (AvgIpc) is 2.72. The first-order valence-electron chi connectivity index (χ1n) is 8.23. The Kier molecular flexibility index (Phi) is 5.42. The summed E-state index contributed by atoms with van der Waals surface area (Å²) in [5, 5.41) is 0. The second kappa shape index (κ2) is 6.88. The molecule has 1 aliphatic heterocycles. The van der Waals surface area contributed by atoms with Crippen molar-refractivity contribution in [1.82, 2.24) is 4.90 Å². The Labute approximate surface area is 128 Å². The number of amides is 1. The summed E-state index contributed by atoms with van der Waals surface area (Å²) >= 11 is 5.31. The van der Waals surface area contributed by atoms with E-state index in [4.69, 9.17) is 18.0 Å². The molecule has 1 atom stereocenters. The smallest absolute Gasteiger partial charge is 0.235 e. The Morgan fingerprint density at radius 2 is 1.85 bits per heavy atom. The van der Waals surface area contributed by atoms with Crippen LogP contribution in [-0.4, -0.2) is 28.4 Å². The molecule has 0 radical (unpaired) electrons. The summed E-state index contributed by atoms with van der Waals surface area (Å²) < 4.78 is 0. The van der Waals surface area contributed by atoms with Gasteiger partial charge in [0.15, 0.2) is 0 Å².